The molecule has 1 fully saturated rings. The molecule has 1 aromatic heterocycles. The number of rotatable bonds is 6. The molecule has 1 unspecified atom stereocenters. The molecule has 1 saturated carbocycles. The zero-order valence-corrected chi connectivity index (χ0v) is 13.0. The van der Waals surface area contributed by atoms with Crippen molar-refractivity contribution in [3.8, 4) is 0 Å². The van der Waals surface area contributed by atoms with Crippen LogP contribution in [0.25, 0.3) is 0 Å². The molecule has 0 bridgehead atoms. The molecular weight excluding hydrogens is 294 g/mol. The number of hydrogen-bond donors (Lipinski definition) is 1. The first-order valence-corrected chi connectivity index (χ1v) is 7.59. The summed E-state index contributed by atoms with van der Waals surface area (Å²) in [4.78, 5) is 24.0. The maximum atomic E-state index is 12.4. The largest absolute Gasteiger partial charge is 0.464 e. The van der Waals surface area contributed by atoms with Crippen molar-refractivity contribution in [3.05, 3.63) is 21.6 Å². The van der Waals surface area contributed by atoms with Crippen molar-refractivity contribution >= 4 is 23.3 Å². The van der Waals surface area contributed by atoms with Gasteiger partial charge in [0.25, 0.3) is 5.56 Å². The molecule has 1 aliphatic carbocycles. The normalized spacial score (nSPS) is 16.1. The van der Waals surface area contributed by atoms with Crippen molar-refractivity contribution in [2.45, 2.75) is 45.7 Å². The molecule has 0 spiro atoms. The van der Waals surface area contributed by atoms with Crippen molar-refractivity contribution in [2.75, 3.05) is 11.9 Å². The van der Waals surface area contributed by atoms with Gasteiger partial charge < -0.3 is 10.1 Å². The van der Waals surface area contributed by atoms with Crippen molar-refractivity contribution in [1.82, 2.24) is 9.78 Å². The predicted molar refractivity (Wildman–Crippen MR) is 80.6 cm³/mol. The van der Waals surface area contributed by atoms with Crippen LogP contribution >= 0.6 is 11.6 Å². The Balaban J connectivity index is 2.15. The highest BCUT2D eigenvalue weighted by atomic mass is 35.5. The van der Waals surface area contributed by atoms with E-state index in [0.717, 1.165) is 12.8 Å². The number of anilines is 1. The summed E-state index contributed by atoms with van der Waals surface area (Å²) in [5.41, 5.74) is -0.0999. The van der Waals surface area contributed by atoms with Crippen molar-refractivity contribution < 1.29 is 9.53 Å². The van der Waals surface area contributed by atoms with Crippen LogP contribution < -0.4 is 10.9 Å². The number of nitrogens with zero attached hydrogens (tertiary/aromatic N) is 2. The van der Waals surface area contributed by atoms with Crippen LogP contribution in [0.5, 0.6) is 0 Å². The second kappa shape index (κ2) is 6.93. The van der Waals surface area contributed by atoms with E-state index in [1.807, 2.05) is 0 Å². The van der Waals surface area contributed by atoms with Crippen molar-refractivity contribution in [1.29, 1.82) is 0 Å². The lowest BCUT2D eigenvalue weighted by Gasteiger charge is -2.25. The second-order valence-corrected chi connectivity index (χ2v) is 5.68. The van der Waals surface area contributed by atoms with Crippen LogP contribution in [0.2, 0.25) is 5.02 Å². The van der Waals surface area contributed by atoms with Gasteiger partial charge in [0.2, 0.25) is 0 Å². The molecule has 1 aliphatic rings. The van der Waals surface area contributed by atoms with Gasteiger partial charge in [0.05, 0.1) is 17.8 Å². The smallest absolute Gasteiger partial charge is 0.328 e. The van der Waals surface area contributed by atoms with Gasteiger partial charge in [-0.2, -0.15) is 5.10 Å². The van der Waals surface area contributed by atoms with E-state index in [0.29, 0.717) is 19.1 Å². The van der Waals surface area contributed by atoms with E-state index in [9.17, 15) is 9.59 Å². The quantitative estimate of drug-likeness (QED) is 0.814. The number of carbonyl (C=O) groups is 1. The average Bonchev–Trinajstić information content (AvgIpc) is 2.40. The fourth-order valence-corrected chi connectivity index (χ4v) is 2.37. The number of ether oxygens (including phenoxy) is 1. The molecule has 1 aromatic rings. The van der Waals surface area contributed by atoms with Gasteiger partial charge in [0.15, 0.2) is 0 Å². The van der Waals surface area contributed by atoms with Crippen LogP contribution in [-0.4, -0.2) is 28.4 Å². The minimum atomic E-state index is -0.644. The highest BCUT2D eigenvalue weighted by Gasteiger charge is 2.22. The molecule has 0 aliphatic heterocycles. The van der Waals surface area contributed by atoms with Crippen molar-refractivity contribution in [2.24, 2.45) is 5.92 Å². The molecule has 0 saturated heterocycles. The number of esters is 1. The van der Waals surface area contributed by atoms with Gasteiger partial charge in [0.1, 0.15) is 11.7 Å². The van der Waals surface area contributed by atoms with Crippen molar-refractivity contribution in [3.63, 3.8) is 0 Å². The van der Waals surface area contributed by atoms with Gasteiger partial charge >= 0.3 is 5.97 Å². The first kappa shape index (κ1) is 15.8. The zero-order valence-electron chi connectivity index (χ0n) is 12.3. The van der Waals surface area contributed by atoms with E-state index in [4.69, 9.17) is 16.3 Å². The zero-order chi connectivity index (χ0) is 15.4. The van der Waals surface area contributed by atoms with Crippen LogP contribution in [-0.2, 0) is 16.1 Å². The monoisotopic (exact) mass is 313 g/mol. The van der Waals surface area contributed by atoms with E-state index in [1.54, 1.807) is 13.8 Å². The van der Waals surface area contributed by atoms with Crippen LogP contribution in [0.4, 0.5) is 5.69 Å². The Morgan fingerprint density at radius 3 is 2.90 bits per heavy atom. The van der Waals surface area contributed by atoms with Gasteiger partial charge in [-0.1, -0.05) is 18.0 Å². The molecule has 116 valence electrons. The summed E-state index contributed by atoms with van der Waals surface area (Å²) in [5, 5.41) is 7.11. The topological polar surface area (TPSA) is 73.2 Å². The summed E-state index contributed by atoms with van der Waals surface area (Å²) in [6.45, 7) is 4.25. The third-order valence-corrected chi connectivity index (χ3v) is 3.94. The standard InChI is InChI=1S/C14H20ClN3O3/c1-3-21-14(20)9(2)17-12-11(15)7-16-18(13(12)19)8-10-5-4-6-10/h7,9-10,17H,3-6,8H2,1-2H3. The second-order valence-electron chi connectivity index (χ2n) is 5.27. The molecule has 6 nitrogen and oxygen atoms in total. The van der Waals surface area contributed by atoms with E-state index < -0.39 is 12.0 Å². The summed E-state index contributed by atoms with van der Waals surface area (Å²) >= 11 is 6.02. The number of halogens is 1. The summed E-state index contributed by atoms with van der Waals surface area (Å²) in [6.07, 6.45) is 4.89. The molecule has 1 N–H and O–H groups in total. The van der Waals surface area contributed by atoms with Gasteiger partial charge in [-0.25, -0.2) is 9.48 Å². The number of aromatic nitrogens is 2. The van der Waals surface area contributed by atoms with Crippen LogP contribution in [0.1, 0.15) is 33.1 Å². The molecule has 21 heavy (non-hydrogen) atoms. The SMILES string of the molecule is CCOC(=O)C(C)Nc1c(Cl)cnn(CC2CCC2)c1=O. The Labute approximate surface area is 128 Å². The fraction of sp³-hybridized carbons (Fsp3) is 0.643. The predicted octanol–water partition coefficient (Wildman–Crippen LogP) is 2.06. The molecule has 2 rings (SSSR count). The molecule has 1 heterocycles. The Hall–Kier alpha value is -1.56. The lowest BCUT2D eigenvalue weighted by atomic mass is 9.85. The number of hydrogen-bond acceptors (Lipinski definition) is 5. The minimum Gasteiger partial charge on any atom is -0.464 e. The molecule has 0 amide bonds. The summed E-state index contributed by atoms with van der Waals surface area (Å²) < 4.78 is 6.32. The molecule has 1 atom stereocenters. The first-order chi connectivity index (χ1) is 10.0. The maximum absolute atomic E-state index is 12.4. The highest BCUT2D eigenvalue weighted by molar-refractivity contribution is 6.33. The Morgan fingerprint density at radius 1 is 1.62 bits per heavy atom. The highest BCUT2D eigenvalue weighted by Crippen LogP contribution is 2.27. The minimum absolute atomic E-state index is 0.201. The Bertz CT molecular complexity index is 569. The van der Waals surface area contributed by atoms with Gasteiger partial charge in [-0.05, 0) is 32.6 Å². The lowest BCUT2D eigenvalue weighted by Crippen LogP contribution is -2.35. The van der Waals surface area contributed by atoms with Crippen LogP contribution in [0.15, 0.2) is 11.0 Å². The average molecular weight is 314 g/mol. The lowest BCUT2D eigenvalue weighted by molar-refractivity contribution is -0.143. The number of carbonyl (C=O) groups excluding carboxylic acids is 1. The van der Waals surface area contributed by atoms with E-state index >= 15 is 0 Å². The van der Waals surface area contributed by atoms with E-state index in [-0.39, 0.29) is 16.3 Å². The number of nitrogens with one attached hydrogen (secondary N) is 1. The maximum Gasteiger partial charge on any atom is 0.328 e. The van der Waals surface area contributed by atoms with Crippen LogP contribution in [0, 0.1) is 5.92 Å². The Morgan fingerprint density at radius 2 is 2.33 bits per heavy atom. The Kier molecular flexibility index (Phi) is 5.22. The summed E-state index contributed by atoms with van der Waals surface area (Å²) in [5.74, 6) is 0.0852. The van der Waals surface area contributed by atoms with E-state index in [1.165, 1.54) is 17.3 Å². The van der Waals surface area contributed by atoms with Gasteiger partial charge in [0, 0.05) is 6.54 Å². The summed E-state index contributed by atoms with van der Waals surface area (Å²) in [6, 6.07) is -0.644. The van der Waals surface area contributed by atoms with Gasteiger partial charge in [-0.15, -0.1) is 0 Å². The molecular formula is C14H20ClN3O3. The summed E-state index contributed by atoms with van der Waals surface area (Å²) in [7, 11) is 0. The first-order valence-electron chi connectivity index (χ1n) is 7.21. The van der Waals surface area contributed by atoms with Crippen LogP contribution in [0.3, 0.4) is 0 Å². The molecule has 0 radical (unpaired) electrons. The van der Waals surface area contributed by atoms with E-state index in [2.05, 4.69) is 10.4 Å². The molecule has 7 heteroatoms. The molecule has 0 aromatic carbocycles. The fourth-order valence-electron chi connectivity index (χ4n) is 2.19. The van der Waals surface area contributed by atoms with Gasteiger partial charge in [-0.3, -0.25) is 4.79 Å². The third-order valence-electron chi connectivity index (χ3n) is 3.65. The third kappa shape index (κ3) is 3.75.